The van der Waals surface area contributed by atoms with E-state index in [4.69, 9.17) is 26.7 Å². The molecule has 1 heterocycles. The number of nitrogens with zero attached hydrogens (tertiary/aromatic N) is 1. The summed E-state index contributed by atoms with van der Waals surface area (Å²) in [5.41, 5.74) is 17.5. The SMILES string of the molecule is CCCCCC[C@H]1OC[C@@H](C)NC(=O)C(COC(CN)CN)NC(=O)C(CN)NC(=O)C(C2CCCCCC2)NC(=O)C(CCC)N(C)C(=O)[C@@H]1C. The third kappa shape index (κ3) is 14.5. The molecule has 52 heavy (non-hydrogen) atoms. The fraction of sp³-hybridized carbons (Fsp3) is 0.865. The van der Waals surface area contributed by atoms with Gasteiger partial charge in [-0.15, -0.1) is 0 Å². The number of carbonyl (C=O) groups is 5. The number of nitrogens with two attached hydrogens (primary N) is 3. The Bertz CT molecular complexity index is 1100. The summed E-state index contributed by atoms with van der Waals surface area (Å²) in [5.74, 6) is -3.17. The normalized spacial score (nSPS) is 28.6. The van der Waals surface area contributed by atoms with E-state index in [1.54, 1.807) is 14.0 Å². The zero-order valence-electron chi connectivity index (χ0n) is 32.5. The van der Waals surface area contributed by atoms with Crippen LogP contribution in [0.25, 0.3) is 0 Å². The number of unbranched alkanes of at least 4 members (excludes halogenated alkanes) is 3. The lowest BCUT2D eigenvalue weighted by Crippen LogP contribution is -2.62. The maximum Gasteiger partial charge on any atom is 0.245 e. The average Bonchev–Trinajstić information content (AvgIpc) is 3.42. The Hall–Kier alpha value is -2.85. The van der Waals surface area contributed by atoms with Crippen LogP contribution in [0.1, 0.15) is 111 Å². The number of carbonyl (C=O) groups excluding carboxylic acids is 5. The standard InChI is InChI=1S/C37H70N8O7/c1-6-8-9-14-18-31-25(4)37(50)45(5)30(15-7-2)35(48)44-32(26-16-12-10-11-13-17-26)36(49)42-28(21-40)33(46)43-29(23-51-27(19-38)20-39)34(47)41-24(3)22-52-31/h24-32H,6-23,38-40H2,1-5H3,(H,41,47)(H,42,49)(H,43,46)(H,44,48)/t24-,25-,28?,29?,30?,31-,32?/m1/s1. The second kappa shape index (κ2) is 24.5. The molecule has 2 fully saturated rings. The van der Waals surface area contributed by atoms with Crippen molar-refractivity contribution in [3.05, 3.63) is 0 Å². The van der Waals surface area contributed by atoms with Gasteiger partial charge in [-0.05, 0) is 38.5 Å². The van der Waals surface area contributed by atoms with Crippen LogP contribution in [-0.4, -0.2) is 117 Å². The van der Waals surface area contributed by atoms with Crippen LogP contribution in [0, 0.1) is 11.8 Å². The van der Waals surface area contributed by atoms with Crippen molar-refractivity contribution in [3.8, 4) is 0 Å². The van der Waals surface area contributed by atoms with Crippen LogP contribution in [0.15, 0.2) is 0 Å². The maximum atomic E-state index is 14.1. The van der Waals surface area contributed by atoms with Gasteiger partial charge in [0.05, 0.1) is 31.3 Å². The topological polar surface area (TPSA) is 233 Å². The Kier molecular flexibility index (Phi) is 21.3. The van der Waals surface area contributed by atoms with Crippen LogP contribution in [0.3, 0.4) is 0 Å². The first kappa shape index (κ1) is 45.3. The molecule has 7 atom stereocenters. The summed E-state index contributed by atoms with van der Waals surface area (Å²) in [6, 6.07) is -4.66. The van der Waals surface area contributed by atoms with Crippen LogP contribution < -0.4 is 38.5 Å². The predicted octanol–water partition coefficient (Wildman–Crippen LogP) is 0.810. The first-order valence-electron chi connectivity index (χ1n) is 19.7. The minimum atomic E-state index is -1.21. The van der Waals surface area contributed by atoms with E-state index in [-0.39, 0.29) is 44.7 Å². The molecule has 1 aliphatic carbocycles. The molecule has 4 unspecified atom stereocenters. The van der Waals surface area contributed by atoms with Gasteiger partial charge < -0.3 is 52.8 Å². The molecular weight excluding hydrogens is 668 g/mol. The highest BCUT2D eigenvalue weighted by Gasteiger charge is 2.38. The van der Waals surface area contributed by atoms with E-state index in [0.29, 0.717) is 19.3 Å². The smallest absolute Gasteiger partial charge is 0.245 e. The third-order valence-electron chi connectivity index (χ3n) is 10.4. The van der Waals surface area contributed by atoms with E-state index in [2.05, 4.69) is 28.2 Å². The maximum absolute atomic E-state index is 14.1. The molecule has 2 aliphatic rings. The monoisotopic (exact) mass is 739 g/mol. The number of nitrogens with one attached hydrogen (secondary N) is 4. The number of amides is 5. The molecule has 0 aromatic heterocycles. The van der Waals surface area contributed by atoms with Gasteiger partial charge in [-0.1, -0.05) is 78.6 Å². The van der Waals surface area contributed by atoms with Crippen molar-refractivity contribution in [1.29, 1.82) is 0 Å². The van der Waals surface area contributed by atoms with E-state index in [1.165, 1.54) is 4.90 Å². The second-order valence-corrected chi connectivity index (χ2v) is 14.7. The van der Waals surface area contributed by atoms with Crippen LogP contribution in [0.5, 0.6) is 0 Å². The number of hydrogen-bond donors (Lipinski definition) is 7. The highest BCUT2D eigenvalue weighted by Crippen LogP contribution is 2.27. The molecule has 2 rings (SSSR count). The van der Waals surface area contributed by atoms with Gasteiger partial charge in [-0.2, -0.15) is 0 Å². The zero-order valence-corrected chi connectivity index (χ0v) is 32.5. The van der Waals surface area contributed by atoms with Gasteiger partial charge in [0.15, 0.2) is 0 Å². The van der Waals surface area contributed by atoms with Gasteiger partial charge in [0, 0.05) is 32.7 Å². The number of rotatable bonds is 14. The minimum absolute atomic E-state index is 0.102. The summed E-state index contributed by atoms with van der Waals surface area (Å²) in [6.45, 7) is 7.51. The van der Waals surface area contributed by atoms with Crippen molar-refractivity contribution in [2.45, 2.75) is 154 Å². The van der Waals surface area contributed by atoms with E-state index >= 15 is 0 Å². The Labute approximate surface area is 311 Å². The zero-order chi connectivity index (χ0) is 38.6. The summed E-state index contributed by atoms with van der Waals surface area (Å²) in [5, 5.41) is 11.4. The summed E-state index contributed by atoms with van der Waals surface area (Å²) in [4.78, 5) is 71.1. The van der Waals surface area contributed by atoms with Crippen molar-refractivity contribution >= 4 is 29.5 Å². The quantitative estimate of drug-likeness (QED) is 0.0979. The molecule has 300 valence electrons. The summed E-state index contributed by atoms with van der Waals surface area (Å²) < 4.78 is 12.1. The van der Waals surface area contributed by atoms with Crippen molar-refractivity contribution in [2.75, 3.05) is 39.9 Å². The second-order valence-electron chi connectivity index (χ2n) is 14.7. The predicted molar refractivity (Wildman–Crippen MR) is 201 cm³/mol. The van der Waals surface area contributed by atoms with Gasteiger partial charge in [-0.3, -0.25) is 24.0 Å². The molecule has 1 saturated carbocycles. The third-order valence-corrected chi connectivity index (χ3v) is 10.4. The van der Waals surface area contributed by atoms with Crippen molar-refractivity contribution < 1.29 is 33.4 Å². The fourth-order valence-corrected chi connectivity index (χ4v) is 7.01. The van der Waals surface area contributed by atoms with Crippen molar-refractivity contribution in [1.82, 2.24) is 26.2 Å². The van der Waals surface area contributed by atoms with E-state index < -0.39 is 72.0 Å². The van der Waals surface area contributed by atoms with Crippen molar-refractivity contribution in [3.63, 3.8) is 0 Å². The van der Waals surface area contributed by atoms with Crippen LogP contribution in [0.4, 0.5) is 0 Å². The summed E-state index contributed by atoms with van der Waals surface area (Å²) in [7, 11) is 1.63. The number of hydrogen-bond acceptors (Lipinski definition) is 10. The fourth-order valence-electron chi connectivity index (χ4n) is 7.01. The van der Waals surface area contributed by atoms with Crippen molar-refractivity contribution in [2.24, 2.45) is 29.0 Å². The van der Waals surface area contributed by atoms with E-state index in [1.807, 2.05) is 13.8 Å². The van der Waals surface area contributed by atoms with E-state index in [0.717, 1.165) is 64.2 Å². The van der Waals surface area contributed by atoms with Crippen LogP contribution in [0.2, 0.25) is 0 Å². The lowest BCUT2D eigenvalue weighted by molar-refractivity contribution is -0.147. The molecule has 0 aromatic rings. The average molecular weight is 739 g/mol. The molecule has 5 amide bonds. The molecule has 15 nitrogen and oxygen atoms in total. The van der Waals surface area contributed by atoms with Gasteiger partial charge >= 0.3 is 0 Å². The first-order valence-corrected chi connectivity index (χ1v) is 19.7. The van der Waals surface area contributed by atoms with Gasteiger partial charge in [0.2, 0.25) is 29.5 Å². The van der Waals surface area contributed by atoms with E-state index in [9.17, 15) is 24.0 Å². The van der Waals surface area contributed by atoms with Gasteiger partial charge in [0.1, 0.15) is 24.2 Å². The Morgan fingerprint density at radius 2 is 1.40 bits per heavy atom. The highest BCUT2D eigenvalue weighted by atomic mass is 16.5. The van der Waals surface area contributed by atoms with Gasteiger partial charge in [0.25, 0.3) is 0 Å². The Balaban J connectivity index is 2.56. The molecule has 0 aromatic carbocycles. The Morgan fingerprint density at radius 3 is 2.00 bits per heavy atom. The first-order chi connectivity index (χ1) is 24.9. The summed E-state index contributed by atoms with van der Waals surface area (Å²) in [6.07, 6.45) is 9.93. The molecule has 0 spiro atoms. The van der Waals surface area contributed by atoms with Gasteiger partial charge in [-0.25, -0.2) is 0 Å². The number of likely N-dealkylation sites (N-methyl/N-ethyl adjacent to an activating group) is 1. The molecular formula is C37H70N8O7. The number of ether oxygens (including phenoxy) is 2. The molecule has 15 heteroatoms. The molecule has 1 aliphatic heterocycles. The highest BCUT2D eigenvalue weighted by molar-refractivity contribution is 5.96. The molecule has 1 saturated heterocycles. The molecule has 0 bridgehead atoms. The molecule has 10 N–H and O–H groups in total. The van der Waals surface area contributed by atoms with Crippen LogP contribution in [-0.2, 0) is 33.4 Å². The lowest BCUT2D eigenvalue weighted by atomic mass is 9.90. The Morgan fingerprint density at radius 1 is 0.769 bits per heavy atom. The largest absolute Gasteiger partial charge is 0.375 e. The molecule has 0 radical (unpaired) electrons. The lowest BCUT2D eigenvalue weighted by Gasteiger charge is -2.34. The summed E-state index contributed by atoms with van der Waals surface area (Å²) >= 11 is 0. The van der Waals surface area contributed by atoms with Crippen LogP contribution >= 0.6 is 0 Å². The minimum Gasteiger partial charge on any atom is -0.375 e.